The molecule has 18 heavy (non-hydrogen) atoms. The summed E-state index contributed by atoms with van der Waals surface area (Å²) in [4.78, 5) is 11.8. The maximum Gasteiger partial charge on any atom is 0.223 e. The minimum absolute atomic E-state index is 0.336. The lowest BCUT2D eigenvalue weighted by molar-refractivity contribution is 0.337. The zero-order chi connectivity index (χ0) is 12.5. The molecule has 0 radical (unpaired) electrons. The second kappa shape index (κ2) is 4.70. The summed E-state index contributed by atoms with van der Waals surface area (Å²) < 4.78 is 0. The van der Waals surface area contributed by atoms with Crippen molar-refractivity contribution >= 4 is 33.3 Å². The molecule has 3 N–H and O–H groups in total. The first-order valence-corrected chi connectivity index (χ1v) is 7.07. The number of fused-ring (bicyclic) bond motifs is 1. The molecular weight excluding hydrogens is 246 g/mol. The fraction of sp³-hybridized carbons (Fsp3) is 0.500. The molecule has 0 spiro atoms. The molecule has 0 saturated heterocycles. The SMILES string of the molecule is CN(CCNc1nc(N)nc2sccc12)C1CC1. The third-order valence-electron chi connectivity index (χ3n) is 3.27. The smallest absolute Gasteiger partial charge is 0.223 e. The Bertz CT molecular complexity index is 548. The highest BCUT2D eigenvalue weighted by Crippen LogP contribution is 2.26. The van der Waals surface area contributed by atoms with Crippen LogP contribution < -0.4 is 11.1 Å². The number of anilines is 2. The van der Waals surface area contributed by atoms with Gasteiger partial charge in [-0.15, -0.1) is 11.3 Å². The molecule has 1 aliphatic rings. The molecule has 2 heterocycles. The first-order chi connectivity index (χ1) is 8.74. The number of thiophene rings is 1. The Kier molecular flexibility index (Phi) is 3.05. The lowest BCUT2D eigenvalue weighted by Crippen LogP contribution is -2.27. The highest BCUT2D eigenvalue weighted by atomic mass is 32.1. The van der Waals surface area contributed by atoms with Gasteiger partial charge < -0.3 is 16.0 Å². The van der Waals surface area contributed by atoms with Gasteiger partial charge in [0, 0.05) is 19.1 Å². The number of nitrogen functional groups attached to an aromatic ring is 1. The van der Waals surface area contributed by atoms with Crippen molar-refractivity contribution in [1.82, 2.24) is 14.9 Å². The van der Waals surface area contributed by atoms with Gasteiger partial charge in [0.25, 0.3) is 0 Å². The van der Waals surface area contributed by atoms with E-state index in [1.165, 1.54) is 12.8 Å². The van der Waals surface area contributed by atoms with Crippen LogP contribution in [0.5, 0.6) is 0 Å². The van der Waals surface area contributed by atoms with Crippen LogP contribution in [0.2, 0.25) is 0 Å². The average molecular weight is 263 g/mol. The van der Waals surface area contributed by atoms with Crippen LogP contribution in [-0.4, -0.2) is 41.0 Å². The molecule has 0 unspecified atom stereocenters. The molecule has 0 bridgehead atoms. The van der Waals surface area contributed by atoms with Crippen molar-refractivity contribution in [2.45, 2.75) is 18.9 Å². The summed E-state index contributed by atoms with van der Waals surface area (Å²) in [5.41, 5.74) is 5.71. The average Bonchev–Trinajstić information content (AvgIpc) is 3.08. The van der Waals surface area contributed by atoms with E-state index in [1.54, 1.807) is 11.3 Å². The molecule has 1 fully saturated rings. The molecule has 0 atom stereocenters. The van der Waals surface area contributed by atoms with E-state index in [1.807, 2.05) is 11.4 Å². The molecule has 6 heteroatoms. The van der Waals surface area contributed by atoms with Crippen molar-refractivity contribution < 1.29 is 0 Å². The predicted octanol–water partition coefficient (Wildman–Crippen LogP) is 1.78. The van der Waals surface area contributed by atoms with Gasteiger partial charge >= 0.3 is 0 Å². The van der Waals surface area contributed by atoms with Gasteiger partial charge in [0.1, 0.15) is 10.6 Å². The summed E-state index contributed by atoms with van der Waals surface area (Å²) in [5, 5.41) is 6.43. The van der Waals surface area contributed by atoms with E-state index < -0.39 is 0 Å². The highest BCUT2D eigenvalue weighted by molar-refractivity contribution is 7.16. The van der Waals surface area contributed by atoms with E-state index in [0.29, 0.717) is 5.95 Å². The third-order valence-corrected chi connectivity index (χ3v) is 4.08. The van der Waals surface area contributed by atoms with Gasteiger partial charge in [-0.2, -0.15) is 4.98 Å². The molecule has 2 aromatic rings. The fourth-order valence-electron chi connectivity index (χ4n) is 2.06. The number of nitrogens with zero attached hydrogens (tertiary/aromatic N) is 3. The normalized spacial score (nSPS) is 15.4. The third kappa shape index (κ3) is 2.39. The van der Waals surface area contributed by atoms with Crippen LogP contribution in [0, 0.1) is 0 Å². The fourth-order valence-corrected chi connectivity index (χ4v) is 2.83. The van der Waals surface area contributed by atoms with Crippen molar-refractivity contribution in [3.8, 4) is 0 Å². The Balaban J connectivity index is 1.67. The molecule has 0 aliphatic heterocycles. The van der Waals surface area contributed by atoms with E-state index in [0.717, 1.165) is 35.2 Å². The molecule has 1 aliphatic carbocycles. The number of nitrogens with two attached hydrogens (primary N) is 1. The Morgan fingerprint density at radius 2 is 2.33 bits per heavy atom. The van der Waals surface area contributed by atoms with Gasteiger partial charge in [0.15, 0.2) is 0 Å². The Morgan fingerprint density at radius 1 is 1.50 bits per heavy atom. The molecule has 2 aromatic heterocycles. The predicted molar refractivity (Wildman–Crippen MR) is 76.0 cm³/mol. The van der Waals surface area contributed by atoms with Crippen LogP contribution in [-0.2, 0) is 0 Å². The van der Waals surface area contributed by atoms with Crippen LogP contribution in [0.3, 0.4) is 0 Å². The Hall–Kier alpha value is -1.40. The van der Waals surface area contributed by atoms with Gasteiger partial charge in [0.05, 0.1) is 5.39 Å². The largest absolute Gasteiger partial charge is 0.368 e. The molecule has 0 amide bonds. The molecular formula is C12H17N5S. The second-order valence-corrected chi connectivity index (χ2v) is 5.60. The van der Waals surface area contributed by atoms with Gasteiger partial charge in [0.2, 0.25) is 5.95 Å². The van der Waals surface area contributed by atoms with E-state index in [4.69, 9.17) is 5.73 Å². The lowest BCUT2D eigenvalue weighted by Gasteiger charge is -2.16. The zero-order valence-electron chi connectivity index (χ0n) is 10.4. The minimum Gasteiger partial charge on any atom is -0.368 e. The Morgan fingerprint density at radius 3 is 3.11 bits per heavy atom. The maximum atomic E-state index is 5.71. The topological polar surface area (TPSA) is 67.1 Å². The van der Waals surface area contributed by atoms with Crippen molar-refractivity contribution in [3.63, 3.8) is 0 Å². The molecule has 0 aromatic carbocycles. The molecule has 3 rings (SSSR count). The van der Waals surface area contributed by atoms with Crippen molar-refractivity contribution in [2.24, 2.45) is 0 Å². The maximum absolute atomic E-state index is 5.71. The van der Waals surface area contributed by atoms with E-state index in [2.05, 4.69) is 27.2 Å². The van der Waals surface area contributed by atoms with Gasteiger partial charge in [-0.3, -0.25) is 0 Å². The summed E-state index contributed by atoms with van der Waals surface area (Å²) in [6, 6.07) is 2.83. The summed E-state index contributed by atoms with van der Waals surface area (Å²) >= 11 is 1.59. The number of likely N-dealkylation sites (N-methyl/N-ethyl adjacent to an activating group) is 1. The van der Waals surface area contributed by atoms with E-state index >= 15 is 0 Å². The lowest BCUT2D eigenvalue weighted by atomic mass is 10.3. The minimum atomic E-state index is 0.336. The summed E-state index contributed by atoms with van der Waals surface area (Å²) in [5.74, 6) is 1.19. The number of aromatic nitrogens is 2. The number of hydrogen-bond donors (Lipinski definition) is 2. The standard InChI is InChI=1S/C12H17N5S/c1-17(8-2-3-8)6-5-14-10-9-4-7-18-11(9)16-12(13)15-10/h4,7-8H,2-3,5-6H2,1H3,(H3,13,14,15,16). The molecule has 1 saturated carbocycles. The summed E-state index contributed by atoms with van der Waals surface area (Å²) in [7, 11) is 2.17. The summed E-state index contributed by atoms with van der Waals surface area (Å²) in [6.45, 7) is 1.91. The number of nitrogens with one attached hydrogen (secondary N) is 1. The highest BCUT2D eigenvalue weighted by Gasteiger charge is 2.25. The first kappa shape index (κ1) is 11.7. The van der Waals surface area contributed by atoms with E-state index in [-0.39, 0.29) is 0 Å². The number of hydrogen-bond acceptors (Lipinski definition) is 6. The van der Waals surface area contributed by atoms with Crippen molar-refractivity contribution in [3.05, 3.63) is 11.4 Å². The van der Waals surface area contributed by atoms with Gasteiger partial charge in [-0.1, -0.05) is 0 Å². The van der Waals surface area contributed by atoms with Crippen LogP contribution in [0.15, 0.2) is 11.4 Å². The van der Waals surface area contributed by atoms with Crippen LogP contribution >= 0.6 is 11.3 Å². The van der Waals surface area contributed by atoms with E-state index in [9.17, 15) is 0 Å². The molecule has 96 valence electrons. The monoisotopic (exact) mass is 263 g/mol. The van der Waals surface area contributed by atoms with Gasteiger partial charge in [-0.05, 0) is 31.3 Å². The van der Waals surface area contributed by atoms with Crippen LogP contribution in [0.1, 0.15) is 12.8 Å². The van der Waals surface area contributed by atoms with Crippen LogP contribution in [0.25, 0.3) is 10.2 Å². The van der Waals surface area contributed by atoms with Gasteiger partial charge in [-0.25, -0.2) is 4.98 Å². The van der Waals surface area contributed by atoms with Crippen molar-refractivity contribution in [2.75, 3.05) is 31.2 Å². The number of rotatable bonds is 5. The Labute approximate surface area is 110 Å². The van der Waals surface area contributed by atoms with Crippen molar-refractivity contribution in [1.29, 1.82) is 0 Å². The quantitative estimate of drug-likeness (QED) is 0.860. The first-order valence-electron chi connectivity index (χ1n) is 6.19. The molecule has 5 nitrogen and oxygen atoms in total. The van der Waals surface area contributed by atoms with Crippen LogP contribution in [0.4, 0.5) is 11.8 Å². The summed E-state index contributed by atoms with van der Waals surface area (Å²) in [6.07, 6.45) is 2.68. The second-order valence-electron chi connectivity index (χ2n) is 4.71. The zero-order valence-corrected chi connectivity index (χ0v) is 11.2.